The van der Waals surface area contributed by atoms with Crippen LogP contribution in [-0.4, -0.2) is 30.2 Å². The summed E-state index contributed by atoms with van der Waals surface area (Å²) >= 11 is 10.8. The van der Waals surface area contributed by atoms with Gasteiger partial charge in [-0.05, 0) is 30.7 Å². The molecule has 6 nitrogen and oxygen atoms in total. The van der Waals surface area contributed by atoms with E-state index in [1.807, 2.05) is 0 Å². The fourth-order valence-electron chi connectivity index (χ4n) is 2.00. The van der Waals surface area contributed by atoms with Gasteiger partial charge in [0.25, 0.3) is 5.91 Å². The Bertz CT molecular complexity index is 788. The van der Waals surface area contributed by atoms with Crippen LogP contribution >= 0.6 is 23.2 Å². The first kappa shape index (κ1) is 19.1. The molecule has 0 fully saturated rings. The van der Waals surface area contributed by atoms with Gasteiger partial charge >= 0.3 is 11.4 Å². The number of halogens is 4. The van der Waals surface area contributed by atoms with Gasteiger partial charge in [-0.25, -0.2) is 4.79 Å². The first-order valence-corrected chi connectivity index (χ1v) is 7.62. The number of alkyl halides is 3. The van der Waals surface area contributed by atoms with Crippen molar-refractivity contribution in [3.63, 3.8) is 0 Å². The molecule has 2 rings (SSSR count). The summed E-state index contributed by atoms with van der Waals surface area (Å²) in [7, 11) is 1.13. The van der Waals surface area contributed by atoms with Gasteiger partial charge in [0.1, 0.15) is 17.3 Å². The lowest BCUT2D eigenvalue weighted by Gasteiger charge is -2.13. The first-order valence-electron chi connectivity index (χ1n) is 6.86. The van der Waals surface area contributed by atoms with Crippen LogP contribution in [0.25, 0.3) is 11.3 Å². The fraction of sp³-hybridized carbons (Fsp3) is 0.267. The highest BCUT2D eigenvalue weighted by Crippen LogP contribution is 2.38. The first-order chi connectivity index (χ1) is 11.6. The van der Waals surface area contributed by atoms with Gasteiger partial charge in [0.2, 0.25) is 5.76 Å². The molecule has 0 radical (unpaired) electrons. The molecular weight excluding hydrogens is 381 g/mol. The molecule has 0 bridgehead atoms. The average molecular weight is 393 g/mol. The molecule has 0 spiro atoms. The molecule has 0 aliphatic carbocycles. The molecule has 0 aliphatic heterocycles. The number of esters is 1. The Morgan fingerprint density at radius 3 is 2.44 bits per heavy atom. The minimum Gasteiger partial charge on any atom is -0.467 e. The Morgan fingerprint density at radius 1 is 1.32 bits per heavy atom. The molecule has 25 heavy (non-hydrogen) atoms. The maximum Gasteiger partial charge on any atom is 0.383 e. The van der Waals surface area contributed by atoms with Crippen molar-refractivity contribution in [2.45, 2.75) is 18.3 Å². The van der Waals surface area contributed by atoms with Gasteiger partial charge in [-0.3, -0.25) is 4.79 Å². The number of ether oxygens (including phenoxy) is 1. The number of amides is 1. The Hall–Kier alpha value is -2.19. The molecule has 1 N–H and O–H groups in total. The van der Waals surface area contributed by atoms with Crippen LogP contribution in [0, 0.1) is 0 Å². The van der Waals surface area contributed by atoms with E-state index in [0.29, 0.717) is 10.6 Å². The van der Waals surface area contributed by atoms with Gasteiger partial charge in [-0.1, -0.05) is 28.9 Å². The van der Waals surface area contributed by atoms with Crippen molar-refractivity contribution in [2.24, 2.45) is 0 Å². The number of nitrogens with zero attached hydrogens (tertiary/aromatic N) is 1. The third kappa shape index (κ3) is 4.26. The van der Waals surface area contributed by atoms with Crippen LogP contribution in [0.4, 0.5) is 8.78 Å². The predicted molar refractivity (Wildman–Crippen MR) is 85.6 cm³/mol. The molecule has 0 aliphatic rings. The highest BCUT2D eigenvalue weighted by atomic mass is 35.5. The van der Waals surface area contributed by atoms with Gasteiger partial charge in [0.05, 0.1) is 7.11 Å². The molecule has 1 aromatic heterocycles. The summed E-state index contributed by atoms with van der Waals surface area (Å²) in [6.45, 7) is 1.33. The Kier molecular flexibility index (Phi) is 5.64. The number of benzene rings is 1. The van der Waals surface area contributed by atoms with Crippen LogP contribution < -0.4 is 5.32 Å². The summed E-state index contributed by atoms with van der Waals surface area (Å²) in [6.07, 6.45) is 0. The topological polar surface area (TPSA) is 81.4 Å². The Balaban J connectivity index is 2.49. The zero-order chi connectivity index (χ0) is 18.8. The SMILES string of the molecule is COC(=O)C(C)NC(=O)c1c(-c2ccc(Cl)cc2)noc1C(F)(F)Cl. The molecule has 10 heteroatoms. The molecule has 1 unspecified atom stereocenters. The van der Waals surface area contributed by atoms with Crippen LogP contribution in [0.15, 0.2) is 28.8 Å². The molecule has 0 saturated carbocycles. The van der Waals surface area contributed by atoms with Gasteiger partial charge in [-0.2, -0.15) is 8.78 Å². The van der Waals surface area contributed by atoms with E-state index >= 15 is 0 Å². The second-order valence-electron chi connectivity index (χ2n) is 4.96. The summed E-state index contributed by atoms with van der Waals surface area (Å²) in [6, 6.07) is 4.83. The molecule has 0 saturated heterocycles. The summed E-state index contributed by atoms with van der Waals surface area (Å²) in [5, 5.41) is 2.18. The molecule has 134 valence electrons. The number of hydrogen-bond acceptors (Lipinski definition) is 5. The predicted octanol–water partition coefficient (Wildman–Crippen LogP) is 3.57. The van der Waals surface area contributed by atoms with Crippen LogP contribution in [0.5, 0.6) is 0 Å². The molecular formula is C15H12Cl2F2N2O4. The summed E-state index contributed by atoms with van der Waals surface area (Å²) < 4.78 is 36.2. The number of hydrogen-bond donors (Lipinski definition) is 1. The van der Waals surface area contributed by atoms with E-state index in [2.05, 4.69) is 19.7 Å². The largest absolute Gasteiger partial charge is 0.467 e. The zero-order valence-corrected chi connectivity index (χ0v) is 14.5. The van der Waals surface area contributed by atoms with Crippen LogP contribution in [-0.2, 0) is 14.9 Å². The third-order valence-electron chi connectivity index (χ3n) is 3.20. The van der Waals surface area contributed by atoms with Gasteiger partial charge in [0, 0.05) is 10.6 Å². The standard InChI is InChI=1S/C15H12Cl2F2N2O4/c1-7(14(23)24-2)20-13(22)10-11(8-3-5-9(16)6-4-8)21-25-12(10)15(17,18)19/h3-7H,1-2H3,(H,20,22). The average Bonchev–Trinajstić information content (AvgIpc) is 3.00. The number of methoxy groups -OCH3 is 1. The highest BCUT2D eigenvalue weighted by Gasteiger charge is 2.41. The van der Waals surface area contributed by atoms with Crippen LogP contribution in [0.2, 0.25) is 5.02 Å². The van der Waals surface area contributed by atoms with Gasteiger partial charge < -0.3 is 14.6 Å². The van der Waals surface area contributed by atoms with Gasteiger partial charge in [-0.15, -0.1) is 0 Å². The maximum absolute atomic E-state index is 13.6. The maximum atomic E-state index is 13.6. The smallest absolute Gasteiger partial charge is 0.383 e. The number of aromatic nitrogens is 1. The minimum atomic E-state index is -3.97. The minimum absolute atomic E-state index is 0.165. The van der Waals surface area contributed by atoms with Crippen molar-refractivity contribution in [1.29, 1.82) is 0 Å². The Labute approximate surface area is 151 Å². The summed E-state index contributed by atoms with van der Waals surface area (Å²) in [5.41, 5.74) is -0.448. The van der Waals surface area contributed by atoms with Crippen molar-refractivity contribution in [3.8, 4) is 11.3 Å². The lowest BCUT2D eigenvalue weighted by atomic mass is 10.0. The van der Waals surface area contributed by atoms with E-state index in [0.717, 1.165) is 7.11 Å². The normalized spacial score (nSPS) is 12.6. The van der Waals surface area contributed by atoms with E-state index in [1.54, 1.807) is 0 Å². The third-order valence-corrected chi connectivity index (χ3v) is 3.62. The van der Waals surface area contributed by atoms with Gasteiger partial charge in [0.15, 0.2) is 0 Å². The Morgan fingerprint density at radius 2 is 1.92 bits per heavy atom. The van der Waals surface area contributed by atoms with Crippen molar-refractivity contribution in [1.82, 2.24) is 10.5 Å². The lowest BCUT2D eigenvalue weighted by Crippen LogP contribution is -2.39. The number of nitrogens with one attached hydrogen (secondary N) is 1. The lowest BCUT2D eigenvalue weighted by molar-refractivity contribution is -0.142. The van der Waals surface area contributed by atoms with E-state index < -0.39 is 34.6 Å². The zero-order valence-electron chi connectivity index (χ0n) is 13.0. The van der Waals surface area contributed by atoms with E-state index in [9.17, 15) is 18.4 Å². The number of carbonyl (C=O) groups excluding carboxylic acids is 2. The molecule has 2 aromatic rings. The monoisotopic (exact) mass is 392 g/mol. The fourth-order valence-corrected chi connectivity index (χ4v) is 2.26. The molecule has 1 amide bonds. The number of rotatable bonds is 5. The molecule has 1 heterocycles. The second-order valence-corrected chi connectivity index (χ2v) is 5.87. The molecule has 1 aromatic carbocycles. The number of carbonyl (C=O) groups is 2. The summed E-state index contributed by atoms with van der Waals surface area (Å²) in [5.74, 6) is -2.90. The van der Waals surface area contributed by atoms with Crippen LogP contribution in [0.1, 0.15) is 23.0 Å². The van der Waals surface area contributed by atoms with Crippen molar-refractivity contribution in [2.75, 3.05) is 7.11 Å². The summed E-state index contributed by atoms with van der Waals surface area (Å²) in [4.78, 5) is 23.9. The van der Waals surface area contributed by atoms with Crippen molar-refractivity contribution >= 4 is 35.1 Å². The highest BCUT2D eigenvalue weighted by molar-refractivity contribution is 6.30. The molecule has 1 atom stereocenters. The van der Waals surface area contributed by atoms with E-state index in [-0.39, 0.29) is 5.69 Å². The van der Waals surface area contributed by atoms with Crippen LogP contribution in [0.3, 0.4) is 0 Å². The van der Waals surface area contributed by atoms with Crippen molar-refractivity contribution in [3.05, 3.63) is 40.6 Å². The van der Waals surface area contributed by atoms with E-state index in [4.69, 9.17) is 23.2 Å². The quantitative estimate of drug-likeness (QED) is 0.621. The van der Waals surface area contributed by atoms with E-state index in [1.165, 1.54) is 31.2 Å². The second kappa shape index (κ2) is 7.37. The van der Waals surface area contributed by atoms with Crippen molar-refractivity contribution < 1.29 is 27.6 Å².